The van der Waals surface area contributed by atoms with Crippen molar-refractivity contribution in [1.82, 2.24) is 10.3 Å². The van der Waals surface area contributed by atoms with E-state index in [-0.39, 0.29) is 16.2 Å². The highest BCUT2D eigenvalue weighted by atomic mass is 32.1. The van der Waals surface area contributed by atoms with Crippen molar-refractivity contribution in [2.75, 3.05) is 6.54 Å². The molecule has 88 valence electrons. The van der Waals surface area contributed by atoms with Gasteiger partial charge in [0.15, 0.2) is 0 Å². The third-order valence-electron chi connectivity index (χ3n) is 3.19. The molecular formula is C10H15N3O2S. The average Bonchev–Trinajstić information content (AvgIpc) is 2.60. The lowest BCUT2D eigenvalue weighted by molar-refractivity contribution is -0.135. The van der Waals surface area contributed by atoms with Crippen LogP contribution in [0.3, 0.4) is 0 Å². The Bertz CT molecular complexity index is 428. The van der Waals surface area contributed by atoms with Crippen molar-refractivity contribution in [3.05, 3.63) is 20.7 Å². The summed E-state index contributed by atoms with van der Waals surface area (Å²) in [7, 11) is 0. The van der Waals surface area contributed by atoms with Crippen LogP contribution in [0.5, 0.6) is 0 Å². The Morgan fingerprint density at radius 3 is 2.81 bits per heavy atom. The zero-order valence-corrected chi connectivity index (χ0v) is 9.73. The molecule has 1 aliphatic carbocycles. The number of amides is 1. The first-order valence-electron chi connectivity index (χ1n) is 5.31. The Balaban J connectivity index is 1.90. The second kappa shape index (κ2) is 4.39. The van der Waals surface area contributed by atoms with Crippen molar-refractivity contribution in [2.24, 2.45) is 11.1 Å². The molecule has 2 rings (SSSR count). The van der Waals surface area contributed by atoms with E-state index in [9.17, 15) is 9.59 Å². The Kier molecular flexibility index (Phi) is 3.11. The first-order valence-corrected chi connectivity index (χ1v) is 6.19. The molecule has 1 aromatic rings. The first kappa shape index (κ1) is 11.3. The molecule has 16 heavy (non-hydrogen) atoms. The standard InChI is InChI=1S/C10H15N3O2S/c11-6-10(2-1-3-10)8(14)12-4-7-5-16-9(15)13-7/h5H,1-4,6,11H2,(H,12,14)(H,13,15). The minimum absolute atomic E-state index is 0.00768. The number of hydrogen-bond donors (Lipinski definition) is 3. The summed E-state index contributed by atoms with van der Waals surface area (Å²) in [4.78, 5) is 25.3. The predicted octanol–water partition coefficient (Wildman–Crippen LogP) is 0.182. The van der Waals surface area contributed by atoms with Crippen LogP contribution in [-0.4, -0.2) is 17.4 Å². The fourth-order valence-electron chi connectivity index (χ4n) is 1.89. The number of thiazole rings is 1. The van der Waals surface area contributed by atoms with Gasteiger partial charge in [-0.1, -0.05) is 17.8 Å². The summed E-state index contributed by atoms with van der Waals surface area (Å²) in [5.41, 5.74) is 6.02. The first-order chi connectivity index (χ1) is 7.66. The van der Waals surface area contributed by atoms with E-state index in [4.69, 9.17) is 5.73 Å². The van der Waals surface area contributed by atoms with Gasteiger partial charge in [-0.05, 0) is 12.8 Å². The lowest BCUT2D eigenvalue weighted by Crippen LogP contribution is -2.50. The summed E-state index contributed by atoms with van der Waals surface area (Å²) < 4.78 is 0. The van der Waals surface area contributed by atoms with E-state index in [1.165, 1.54) is 0 Å². The normalized spacial score (nSPS) is 17.8. The SMILES string of the molecule is NCC1(C(=O)NCc2csc(=O)[nH]2)CCC1. The van der Waals surface area contributed by atoms with E-state index >= 15 is 0 Å². The van der Waals surface area contributed by atoms with Crippen molar-refractivity contribution in [3.8, 4) is 0 Å². The number of aromatic amines is 1. The number of carbonyl (C=O) groups excluding carboxylic acids is 1. The van der Waals surface area contributed by atoms with Crippen LogP contribution in [-0.2, 0) is 11.3 Å². The highest BCUT2D eigenvalue weighted by Crippen LogP contribution is 2.39. The lowest BCUT2D eigenvalue weighted by atomic mass is 9.68. The molecule has 0 atom stereocenters. The number of nitrogens with two attached hydrogens (primary N) is 1. The number of hydrogen-bond acceptors (Lipinski definition) is 4. The van der Waals surface area contributed by atoms with E-state index in [2.05, 4.69) is 10.3 Å². The van der Waals surface area contributed by atoms with Gasteiger partial charge in [-0.2, -0.15) is 0 Å². The quantitative estimate of drug-likeness (QED) is 0.702. The second-order valence-electron chi connectivity index (χ2n) is 4.19. The molecule has 0 bridgehead atoms. The maximum atomic E-state index is 11.9. The fourth-order valence-corrected chi connectivity index (χ4v) is 2.47. The van der Waals surface area contributed by atoms with Crippen LogP contribution in [0, 0.1) is 5.41 Å². The smallest absolute Gasteiger partial charge is 0.304 e. The summed E-state index contributed by atoms with van der Waals surface area (Å²) in [6.07, 6.45) is 2.81. The van der Waals surface area contributed by atoms with Crippen LogP contribution in [0.1, 0.15) is 25.0 Å². The van der Waals surface area contributed by atoms with Crippen LogP contribution in [0.4, 0.5) is 0 Å². The van der Waals surface area contributed by atoms with E-state index in [1.807, 2.05) is 0 Å². The third-order valence-corrected chi connectivity index (χ3v) is 3.91. The van der Waals surface area contributed by atoms with E-state index in [0.29, 0.717) is 13.1 Å². The number of aromatic nitrogens is 1. The maximum absolute atomic E-state index is 11.9. The molecule has 0 saturated heterocycles. The molecule has 5 nitrogen and oxygen atoms in total. The van der Waals surface area contributed by atoms with E-state index in [0.717, 1.165) is 36.3 Å². The largest absolute Gasteiger partial charge is 0.350 e. The molecule has 1 aromatic heterocycles. The van der Waals surface area contributed by atoms with Gasteiger partial charge in [-0.15, -0.1) is 0 Å². The van der Waals surface area contributed by atoms with Gasteiger partial charge in [0.1, 0.15) is 0 Å². The Morgan fingerprint density at radius 1 is 1.62 bits per heavy atom. The predicted molar refractivity (Wildman–Crippen MR) is 62.1 cm³/mol. The summed E-state index contributed by atoms with van der Waals surface area (Å²) in [6.45, 7) is 0.776. The molecule has 1 heterocycles. The molecule has 0 radical (unpaired) electrons. The third kappa shape index (κ3) is 2.03. The van der Waals surface area contributed by atoms with E-state index < -0.39 is 0 Å². The lowest BCUT2D eigenvalue weighted by Gasteiger charge is -2.39. The van der Waals surface area contributed by atoms with Crippen LogP contribution in [0.15, 0.2) is 10.2 Å². The molecule has 1 aliphatic rings. The summed E-state index contributed by atoms with van der Waals surface area (Å²) >= 11 is 1.10. The minimum atomic E-state index is -0.351. The summed E-state index contributed by atoms with van der Waals surface area (Å²) in [6, 6.07) is 0. The molecule has 0 unspecified atom stereocenters. The Morgan fingerprint density at radius 2 is 2.38 bits per heavy atom. The van der Waals surface area contributed by atoms with Crippen molar-refractivity contribution in [3.63, 3.8) is 0 Å². The Labute approximate surface area is 97.1 Å². The van der Waals surface area contributed by atoms with Gasteiger partial charge in [-0.3, -0.25) is 9.59 Å². The summed E-state index contributed by atoms with van der Waals surface area (Å²) in [5, 5.41) is 4.54. The molecule has 0 aromatic carbocycles. The minimum Gasteiger partial charge on any atom is -0.350 e. The Hall–Kier alpha value is -1.14. The molecular weight excluding hydrogens is 226 g/mol. The number of H-pyrrole nitrogens is 1. The summed E-state index contributed by atoms with van der Waals surface area (Å²) in [5.74, 6) is 0.00768. The number of rotatable bonds is 4. The van der Waals surface area contributed by atoms with Crippen LogP contribution >= 0.6 is 11.3 Å². The van der Waals surface area contributed by atoms with Gasteiger partial charge in [0.05, 0.1) is 12.0 Å². The molecule has 0 aliphatic heterocycles. The van der Waals surface area contributed by atoms with Gasteiger partial charge >= 0.3 is 4.87 Å². The zero-order valence-electron chi connectivity index (χ0n) is 8.91. The fraction of sp³-hybridized carbons (Fsp3) is 0.600. The number of carbonyl (C=O) groups is 1. The number of nitrogens with one attached hydrogen (secondary N) is 2. The molecule has 0 spiro atoms. The van der Waals surface area contributed by atoms with Gasteiger partial charge in [-0.25, -0.2) is 0 Å². The van der Waals surface area contributed by atoms with Crippen molar-refractivity contribution in [1.29, 1.82) is 0 Å². The second-order valence-corrected chi connectivity index (χ2v) is 5.04. The van der Waals surface area contributed by atoms with Gasteiger partial charge in [0.25, 0.3) is 0 Å². The van der Waals surface area contributed by atoms with Gasteiger partial charge in [0.2, 0.25) is 5.91 Å². The molecule has 1 fully saturated rings. The molecule has 1 amide bonds. The van der Waals surface area contributed by atoms with Gasteiger partial charge < -0.3 is 16.0 Å². The van der Waals surface area contributed by atoms with Crippen molar-refractivity contribution in [2.45, 2.75) is 25.8 Å². The molecule has 4 N–H and O–H groups in total. The van der Waals surface area contributed by atoms with Crippen LogP contribution in [0.25, 0.3) is 0 Å². The zero-order chi connectivity index (χ0) is 11.6. The van der Waals surface area contributed by atoms with Crippen molar-refractivity contribution >= 4 is 17.2 Å². The highest BCUT2D eigenvalue weighted by molar-refractivity contribution is 7.07. The van der Waals surface area contributed by atoms with Gasteiger partial charge in [0, 0.05) is 17.6 Å². The molecule has 6 heteroatoms. The topological polar surface area (TPSA) is 88.0 Å². The van der Waals surface area contributed by atoms with Crippen molar-refractivity contribution < 1.29 is 4.79 Å². The monoisotopic (exact) mass is 241 g/mol. The van der Waals surface area contributed by atoms with Crippen LogP contribution < -0.4 is 15.9 Å². The maximum Gasteiger partial charge on any atom is 0.304 e. The van der Waals surface area contributed by atoms with Crippen LogP contribution in [0.2, 0.25) is 0 Å². The molecule has 1 saturated carbocycles. The highest BCUT2D eigenvalue weighted by Gasteiger charge is 2.42. The van der Waals surface area contributed by atoms with E-state index in [1.54, 1.807) is 5.38 Å². The average molecular weight is 241 g/mol.